The summed E-state index contributed by atoms with van der Waals surface area (Å²) in [4.78, 5) is 2.56. The summed E-state index contributed by atoms with van der Waals surface area (Å²) >= 11 is 1.79. The SMILES string of the molecule is Cc1ccccc1Sc1ccc([C@@H](C)N)cc1. The van der Waals surface area contributed by atoms with Gasteiger partial charge in [0, 0.05) is 15.8 Å². The predicted octanol–water partition coefficient (Wildman–Crippen LogP) is 4.17. The van der Waals surface area contributed by atoms with Crippen molar-refractivity contribution in [3.8, 4) is 0 Å². The Morgan fingerprint density at radius 3 is 2.24 bits per heavy atom. The van der Waals surface area contributed by atoms with Gasteiger partial charge in [-0.25, -0.2) is 0 Å². The Labute approximate surface area is 107 Å². The van der Waals surface area contributed by atoms with Crippen LogP contribution >= 0.6 is 11.8 Å². The number of rotatable bonds is 3. The van der Waals surface area contributed by atoms with E-state index in [1.807, 2.05) is 6.92 Å². The lowest BCUT2D eigenvalue weighted by molar-refractivity contribution is 0.817. The maximum Gasteiger partial charge on any atom is 0.0266 e. The summed E-state index contributed by atoms with van der Waals surface area (Å²) in [5.74, 6) is 0. The summed E-state index contributed by atoms with van der Waals surface area (Å²) < 4.78 is 0. The highest BCUT2D eigenvalue weighted by Gasteiger charge is 2.02. The molecule has 0 saturated heterocycles. The maximum atomic E-state index is 5.83. The smallest absolute Gasteiger partial charge is 0.0266 e. The fraction of sp³-hybridized carbons (Fsp3) is 0.200. The average Bonchev–Trinajstić information content (AvgIpc) is 2.33. The van der Waals surface area contributed by atoms with Crippen LogP contribution in [0.3, 0.4) is 0 Å². The highest BCUT2D eigenvalue weighted by Crippen LogP contribution is 2.30. The maximum absolute atomic E-state index is 5.83. The van der Waals surface area contributed by atoms with Crippen molar-refractivity contribution in [3.05, 3.63) is 59.7 Å². The predicted molar refractivity (Wildman–Crippen MR) is 74.3 cm³/mol. The molecule has 2 aromatic rings. The van der Waals surface area contributed by atoms with Crippen LogP contribution in [0.25, 0.3) is 0 Å². The minimum Gasteiger partial charge on any atom is -0.324 e. The van der Waals surface area contributed by atoms with Gasteiger partial charge in [0.25, 0.3) is 0 Å². The van der Waals surface area contributed by atoms with E-state index in [1.54, 1.807) is 11.8 Å². The number of hydrogen-bond donors (Lipinski definition) is 1. The van der Waals surface area contributed by atoms with Crippen molar-refractivity contribution in [2.75, 3.05) is 0 Å². The van der Waals surface area contributed by atoms with Gasteiger partial charge in [-0.1, -0.05) is 42.1 Å². The highest BCUT2D eigenvalue weighted by molar-refractivity contribution is 7.99. The Morgan fingerprint density at radius 1 is 1.00 bits per heavy atom. The molecule has 2 heteroatoms. The summed E-state index contributed by atoms with van der Waals surface area (Å²) in [6, 6.07) is 17.0. The Balaban J connectivity index is 2.17. The monoisotopic (exact) mass is 243 g/mol. The van der Waals surface area contributed by atoms with Gasteiger partial charge in [0.1, 0.15) is 0 Å². The Kier molecular flexibility index (Phi) is 3.87. The minimum absolute atomic E-state index is 0.104. The molecule has 0 bridgehead atoms. The summed E-state index contributed by atoms with van der Waals surface area (Å²) in [5, 5.41) is 0. The zero-order valence-electron chi connectivity index (χ0n) is 10.2. The van der Waals surface area contributed by atoms with Crippen molar-refractivity contribution in [2.24, 2.45) is 5.73 Å². The summed E-state index contributed by atoms with van der Waals surface area (Å²) in [5.41, 5.74) is 8.33. The lowest BCUT2D eigenvalue weighted by Gasteiger charge is -2.08. The molecule has 1 nitrogen and oxygen atoms in total. The first-order valence-corrected chi connectivity index (χ1v) is 6.57. The molecule has 0 unspecified atom stereocenters. The van der Waals surface area contributed by atoms with Crippen molar-refractivity contribution in [1.82, 2.24) is 0 Å². The lowest BCUT2D eigenvalue weighted by atomic mass is 10.1. The van der Waals surface area contributed by atoms with E-state index in [2.05, 4.69) is 55.5 Å². The van der Waals surface area contributed by atoms with E-state index >= 15 is 0 Å². The van der Waals surface area contributed by atoms with E-state index in [9.17, 15) is 0 Å². The van der Waals surface area contributed by atoms with Crippen LogP contribution in [0.4, 0.5) is 0 Å². The summed E-state index contributed by atoms with van der Waals surface area (Å²) in [6.45, 7) is 4.14. The number of nitrogens with two attached hydrogens (primary N) is 1. The van der Waals surface area contributed by atoms with Gasteiger partial charge < -0.3 is 5.73 Å². The second-order valence-corrected chi connectivity index (χ2v) is 5.34. The van der Waals surface area contributed by atoms with Crippen molar-refractivity contribution < 1.29 is 0 Å². The molecule has 0 heterocycles. The van der Waals surface area contributed by atoms with Gasteiger partial charge in [-0.05, 0) is 43.2 Å². The standard InChI is InChI=1S/C15H17NS/c1-11-5-3-4-6-15(11)17-14-9-7-13(8-10-14)12(2)16/h3-10,12H,16H2,1-2H3/t12-/m1/s1. The van der Waals surface area contributed by atoms with Crippen molar-refractivity contribution >= 4 is 11.8 Å². The zero-order valence-corrected chi connectivity index (χ0v) is 11.0. The van der Waals surface area contributed by atoms with E-state index in [0.29, 0.717) is 0 Å². The Bertz CT molecular complexity index is 489. The Morgan fingerprint density at radius 2 is 1.65 bits per heavy atom. The minimum atomic E-state index is 0.104. The van der Waals surface area contributed by atoms with Crippen molar-refractivity contribution in [2.45, 2.75) is 29.7 Å². The first kappa shape index (κ1) is 12.2. The largest absolute Gasteiger partial charge is 0.324 e. The number of aryl methyl sites for hydroxylation is 1. The molecule has 17 heavy (non-hydrogen) atoms. The average molecular weight is 243 g/mol. The molecular formula is C15H17NS. The third kappa shape index (κ3) is 3.11. The topological polar surface area (TPSA) is 26.0 Å². The third-order valence-corrected chi connectivity index (χ3v) is 3.91. The van der Waals surface area contributed by atoms with Gasteiger partial charge in [-0.3, -0.25) is 0 Å². The normalized spacial score (nSPS) is 12.4. The molecule has 2 N–H and O–H groups in total. The summed E-state index contributed by atoms with van der Waals surface area (Å²) in [6.07, 6.45) is 0. The van der Waals surface area contributed by atoms with Crippen molar-refractivity contribution in [1.29, 1.82) is 0 Å². The molecule has 0 aliphatic heterocycles. The van der Waals surface area contributed by atoms with Gasteiger partial charge in [0.15, 0.2) is 0 Å². The molecule has 0 aromatic heterocycles. The molecule has 0 radical (unpaired) electrons. The molecule has 0 saturated carbocycles. The molecule has 0 fully saturated rings. The van der Waals surface area contributed by atoms with Gasteiger partial charge in [-0.15, -0.1) is 0 Å². The van der Waals surface area contributed by atoms with Gasteiger partial charge >= 0.3 is 0 Å². The quantitative estimate of drug-likeness (QED) is 0.875. The van der Waals surface area contributed by atoms with Gasteiger partial charge in [-0.2, -0.15) is 0 Å². The second-order valence-electron chi connectivity index (χ2n) is 4.23. The van der Waals surface area contributed by atoms with E-state index in [4.69, 9.17) is 5.73 Å². The van der Waals surface area contributed by atoms with Crippen LogP contribution in [0.15, 0.2) is 58.3 Å². The Hall–Kier alpha value is -1.25. The first-order valence-electron chi connectivity index (χ1n) is 5.76. The second kappa shape index (κ2) is 5.39. The van der Waals surface area contributed by atoms with Crippen LogP contribution in [0, 0.1) is 6.92 Å². The third-order valence-electron chi connectivity index (χ3n) is 2.73. The van der Waals surface area contributed by atoms with Crippen LogP contribution in [0.1, 0.15) is 24.1 Å². The lowest BCUT2D eigenvalue weighted by Crippen LogP contribution is -2.04. The molecule has 0 spiro atoms. The molecule has 2 aromatic carbocycles. The van der Waals surface area contributed by atoms with E-state index in [-0.39, 0.29) is 6.04 Å². The molecule has 2 rings (SSSR count). The molecule has 0 aliphatic carbocycles. The molecule has 1 atom stereocenters. The van der Waals surface area contributed by atoms with Crippen LogP contribution in [0.2, 0.25) is 0 Å². The van der Waals surface area contributed by atoms with E-state index < -0.39 is 0 Å². The van der Waals surface area contributed by atoms with Crippen molar-refractivity contribution in [3.63, 3.8) is 0 Å². The van der Waals surface area contributed by atoms with Crippen LogP contribution in [0.5, 0.6) is 0 Å². The number of benzene rings is 2. The number of hydrogen-bond acceptors (Lipinski definition) is 2. The fourth-order valence-electron chi connectivity index (χ4n) is 1.64. The molecule has 88 valence electrons. The van der Waals surface area contributed by atoms with Crippen LogP contribution < -0.4 is 5.73 Å². The molecule has 0 amide bonds. The first-order chi connectivity index (χ1) is 8.16. The molecular weight excluding hydrogens is 226 g/mol. The van der Waals surface area contributed by atoms with E-state index in [0.717, 1.165) is 0 Å². The van der Waals surface area contributed by atoms with Crippen LogP contribution in [-0.4, -0.2) is 0 Å². The summed E-state index contributed by atoms with van der Waals surface area (Å²) in [7, 11) is 0. The van der Waals surface area contributed by atoms with Gasteiger partial charge in [0.2, 0.25) is 0 Å². The highest BCUT2D eigenvalue weighted by atomic mass is 32.2. The fourth-order valence-corrected chi connectivity index (χ4v) is 2.54. The van der Waals surface area contributed by atoms with Crippen LogP contribution in [-0.2, 0) is 0 Å². The zero-order chi connectivity index (χ0) is 12.3. The van der Waals surface area contributed by atoms with Gasteiger partial charge in [0.05, 0.1) is 0 Å². The molecule has 0 aliphatic rings. The van der Waals surface area contributed by atoms with E-state index in [1.165, 1.54) is 20.9 Å².